The number of hydrogen-bond donors (Lipinski definition) is 3. The number of anilines is 2. The van der Waals surface area contributed by atoms with Gasteiger partial charge in [-0.25, -0.2) is 9.78 Å². The van der Waals surface area contributed by atoms with E-state index in [1.165, 1.54) is 7.11 Å². The Labute approximate surface area is 128 Å². The summed E-state index contributed by atoms with van der Waals surface area (Å²) >= 11 is 0. The van der Waals surface area contributed by atoms with Gasteiger partial charge in [0.25, 0.3) is 0 Å². The average molecular weight is 304 g/mol. The number of nitrogens with zero attached hydrogens (tertiary/aromatic N) is 1. The molecule has 0 fully saturated rings. The second-order valence-corrected chi connectivity index (χ2v) is 5.20. The van der Waals surface area contributed by atoms with Crippen LogP contribution in [0.3, 0.4) is 0 Å². The first-order valence-electron chi connectivity index (χ1n) is 7.16. The van der Waals surface area contributed by atoms with E-state index in [1.54, 1.807) is 18.2 Å². The SMILES string of the molecule is CCC(C)CC(=O)Nc1ccc2nc(NC(=O)OC)[nH]c2c1. The summed E-state index contributed by atoms with van der Waals surface area (Å²) in [6, 6.07) is 5.33. The minimum Gasteiger partial charge on any atom is -0.453 e. The molecule has 0 aliphatic heterocycles. The van der Waals surface area contributed by atoms with Crippen LogP contribution in [-0.2, 0) is 9.53 Å². The summed E-state index contributed by atoms with van der Waals surface area (Å²) in [5.74, 6) is 0.637. The highest BCUT2D eigenvalue weighted by Crippen LogP contribution is 2.20. The minimum absolute atomic E-state index is 0.0128. The van der Waals surface area contributed by atoms with Crippen LogP contribution in [0.15, 0.2) is 18.2 Å². The lowest BCUT2D eigenvalue weighted by Crippen LogP contribution is -2.14. The van der Waals surface area contributed by atoms with Gasteiger partial charge in [-0.1, -0.05) is 20.3 Å². The Balaban J connectivity index is 2.09. The van der Waals surface area contributed by atoms with Crippen LogP contribution in [0.2, 0.25) is 0 Å². The highest BCUT2D eigenvalue weighted by Gasteiger charge is 2.10. The van der Waals surface area contributed by atoms with Crippen molar-refractivity contribution in [3.8, 4) is 0 Å². The van der Waals surface area contributed by atoms with Crippen LogP contribution in [0, 0.1) is 5.92 Å². The van der Waals surface area contributed by atoms with Crippen LogP contribution in [0.5, 0.6) is 0 Å². The maximum atomic E-state index is 11.9. The molecular weight excluding hydrogens is 284 g/mol. The molecule has 0 bridgehead atoms. The molecule has 118 valence electrons. The van der Waals surface area contributed by atoms with Gasteiger partial charge in [0.05, 0.1) is 18.1 Å². The summed E-state index contributed by atoms with van der Waals surface area (Å²) in [7, 11) is 1.28. The van der Waals surface area contributed by atoms with Gasteiger partial charge in [-0.15, -0.1) is 0 Å². The van der Waals surface area contributed by atoms with E-state index in [0.717, 1.165) is 6.42 Å². The number of ether oxygens (including phenoxy) is 1. The predicted octanol–water partition coefficient (Wildman–Crippen LogP) is 3.12. The molecule has 1 aromatic carbocycles. The maximum Gasteiger partial charge on any atom is 0.413 e. The molecule has 1 heterocycles. The summed E-state index contributed by atoms with van der Waals surface area (Å²) in [5, 5.41) is 5.32. The van der Waals surface area contributed by atoms with Gasteiger partial charge in [0, 0.05) is 12.1 Å². The Kier molecular flexibility index (Phi) is 4.98. The number of rotatable bonds is 5. The van der Waals surface area contributed by atoms with Gasteiger partial charge >= 0.3 is 6.09 Å². The fourth-order valence-electron chi connectivity index (χ4n) is 1.97. The lowest BCUT2D eigenvalue weighted by molar-refractivity contribution is -0.117. The number of nitrogens with one attached hydrogen (secondary N) is 3. The summed E-state index contributed by atoms with van der Waals surface area (Å²) in [4.78, 5) is 30.2. The zero-order valence-electron chi connectivity index (χ0n) is 12.9. The van der Waals surface area contributed by atoms with Crippen molar-refractivity contribution >= 4 is 34.7 Å². The highest BCUT2D eigenvalue weighted by molar-refractivity contribution is 5.94. The van der Waals surface area contributed by atoms with Crippen LogP contribution >= 0.6 is 0 Å². The van der Waals surface area contributed by atoms with Gasteiger partial charge in [0.15, 0.2) is 0 Å². The number of methoxy groups -OCH3 is 1. The van der Waals surface area contributed by atoms with Crippen LogP contribution in [0.1, 0.15) is 26.7 Å². The number of amides is 2. The molecular formula is C15H20N4O3. The molecule has 2 rings (SSSR count). The molecule has 7 heteroatoms. The second-order valence-electron chi connectivity index (χ2n) is 5.20. The van der Waals surface area contributed by atoms with Gasteiger partial charge in [0.1, 0.15) is 0 Å². The molecule has 0 aliphatic rings. The van der Waals surface area contributed by atoms with E-state index in [1.807, 2.05) is 6.92 Å². The molecule has 7 nitrogen and oxygen atoms in total. The molecule has 2 aromatic rings. The number of carbonyl (C=O) groups excluding carboxylic acids is 2. The molecule has 0 saturated heterocycles. The third kappa shape index (κ3) is 3.97. The van der Waals surface area contributed by atoms with Gasteiger partial charge < -0.3 is 15.0 Å². The summed E-state index contributed by atoms with van der Waals surface area (Å²) in [6.45, 7) is 4.10. The van der Waals surface area contributed by atoms with E-state index in [9.17, 15) is 9.59 Å². The van der Waals surface area contributed by atoms with Gasteiger partial charge in [-0.05, 0) is 24.1 Å². The van der Waals surface area contributed by atoms with E-state index in [0.29, 0.717) is 35.0 Å². The quantitative estimate of drug-likeness (QED) is 0.790. The fourth-order valence-corrected chi connectivity index (χ4v) is 1.97. The standard InChI is InChI=1S/C15H20N4O3/c1-4-9(2)7-13(20)16-10-5-6-11-12(8-10)18-14(17-11)19-15(21)22-3/h5-6,8-9H,4,7H2,1-3H3,(H,16,20)(H2,17,18,19,21). The molecule has 0 saturated carbocycles. The molecule has 0 radical (unpaired) electrons. The first-order valence-corrected chi connectivity index (χ1v) is 7.16. The highest BCUT2D eigenvalue weighted by atomic mass is 16.5. The predicted molar refractivity (Wildman–Crippen MR) is 84.8 cm³/mol. The third-order valence-electron chi connectivity index (χ3n) is 3.40. The van der Waals surface area contributed by atoms with E-state index >= 15 is 0 Å². The summed E-state index contributed by atoms with van der Waals surface area (Å²) in [6.07, 6.45) is 0.864. The fraction of sp³-hybridized carbons (Fsp3) is 0.400. The Morgan fingerprint density at radius 2 is 2.14 bits per heavy atom. The first-order chi connectivity index (χ1) is 10.5. The number of hydrogen-bond acceptors (Lipinski definition) is 4. The lowest BCUT2D eigenvalue weighted by atomic mass is 10.1. The second kappa shape index (κ2) is 6.93. The molecule has 2 amide bonds. The summed E-state index contributed by atoms with van der Waals surface area (Å²) < 4.78 is 4.51. The Bertz CT molecular complexity index is 680. The lowest BCUT2D eigenvalue weighted by Gasteiger charge is -2.09. The van der Waals surface area contributed by atoms with Crippen LogP contribution in [-0.4, -0.2) is 29.1 Å². The minimum atomic E-state index is -0.596. The van der Waals surface area contributed by atoms with Crippen molar-refractivity contribution in [1.29, 1.82) is 0 Å². The maximum absolute atomic E-state index is 11.9. The summed E-state index contributed by atoms with van der Waals surface area (Å²) in [5.41, 5.74) is 2.09. The number of benzene rings is 1. The van der Waals surface area contributed by atoms with Crippen molar-refractivity contribution in [2.75, 3.05) is 17.7 Å². The van der Waals surface area contributed by atoms with E-state index in [-0.39, 0.29) is 5.91 Å². The van der Waals surface area contributed by atoms with Crippen molar-refractivity contribution in [2.45, 2.75) is 26.7 Å². The van der Waals surface area contributed by atoms with Crippen molar-refractivity contribution in [1.82, 2.24) is 9.97 Å². The van der Waals surface area contributed by atoms with Gasteiger partial charge in [-0.2, -0.15) is 0 Å². The number of fused-ring (bicyclic) bond motifs is 1. The molecule has 1 aromatic heterocycles. The monoisotopic (exact) mass is 304 g/mol. The average Bonchev–Trinajstić information content (AvgIpc) is 2.88. The topological polar surface area (TPSA) is 96.1 Å². The van der Waals surface area contributed by atoms with Crippen LogP contribution in [0.4, 0.5) is 16.4 Å². The van der Waals surface area contributed by atoms with E-state index in [2.05, 4.69) is 32.3 Å². The zero-order valence-corrected chi connectivity index (χ0v) is 12.9. The molecule has 3 N–H and O–H groups in total. The van der Waals surface area contributed by atoms with Gasteiger partial charge in [-0.3, -0.25) is 10.1 Å². The molecule has 22 heavy (non-hydrogen) atoms. The van der Waals surface area contributed by atoms with Crippen molar-refractivity contribution < 1.29 is 14.3 Å². The number of aromatic amines is 1. The van der Waals surface area contributed by atoms with E-state index in [4.69, 9.17) is 0 Å². The van der Waals surface area contributed by atoms with Crippen LogP contribution < -0.4 is 10.6 Å². The molecule has 1 atom stereocenters. The Morgan fingerprint density at radius 3 is 2.82 bits per heavy atom. The number of aromatic nitrogens is 2. The third-order valence-corrected chi connectivity index (χ3v) is 3.40. The van der Waals surface area contributed by atoms with Crippen molar-refractivity contribution in [3.63, 3.8) is 0 Å². The smallest absolute Gasteiger partial charge is 0.413 e. The number of imidazole rings is 1. The normalized spacial score (nSPS) is 12.0. The molecule has 0 spiro atoms. The Hall–Kier alpha value is -2.57. The zero-order chi connectivity index (χ0) is 16.1. The van der Waals surface area contributed by atoms with Crippen molar-refractivity contribution in [3.05, 3.63) is 18.2 Å². The molecule has 0 aliphatic carbocycles. The van der Waals surface area contributed by atoms with Crippen LogP contribution in [0.25, 0.3) is 11.0 Å². The van der Waals surface area contributed by atoms with Crippen molar-refractivity contribution in [2.24, 2.45) is 5.92 Å². The largest absolute Gasteiger partial charge is 0.453 e. The molecule has 1 unspecified atom stereocenters. The number of H-pyrrole nitrogens is 1. The number of carbonyl (C=O) groups is 2. The van der Waals surface area contributed by atoms with E-state index < -0.39 is 6.09 Å². The first kappa shape index (κ1) is 15.8. The Morgan fingerprint density at radius 1 is 1.36 bits per heavy atom. The van der Waals surface area contributed by atoms with Gasteiger partial charge in [0.2, 0.25) is 11.9 Å².